The van der Waals surface area contributed by atoms with Crippen molar-refractivity contribution in [3.05, 3.63) is 47.7 Å². The lowest BCUT2D eigenvalue weighted by Crippen LogP contribution is -2.48. The maximum atomic E-state index is 12.4. The van der Waals surface area contributed by atoms with Crippen LogP contribution in [0.2, 0.25) is 0 Å². The molecule has 0 aliphatic carbocycles. The highest BCUT2D eigenvalue weighted by atomic mass is 16.4. The number of carbonyl (C=O) groups excluding carboxylic acids is 4. The van der Waals surface area contributed by atoms with Crippen molar-refractivity contribution in [2.75, 3.05) is 0 Å². The van der Waals surface area contributed by atoms with Crippen LogP contribution in [0.5, 0.6) is 0 Å². The first-order valence-electron chi connectivity index (χ1n) is 8.44. The molecule has 0 saturated carbocycles. The second-order valence-corrected chi connectivity index (χ2v) is 6.49. The summed E-state index contributed by atoms with van der Waals surface area (Å²) in [6, 6.07) is 9.10. The van der Waals surface area contributed by atoms with Gasteiger partial charge in [-0.3, -0.25) is 14.4 Å². The van der Waals surface area contributed by atoms with Crippen LogP contribution in [0.1, 0.15) is 48.1 Å². The SMILES string of the molecule is CC[C@]1(C)NC(=O)N(NC(=O)c2ccc(-c3ccc(C(C)=O)cc3)o2)C1=O. The van der Waals surface area contributed by atoms with E-state index in [2.05, 4.69) is 10.7 Å². The van der Waals surface area contributed by atoms with Crippen molar-refractivity contribution in [3.63, 3.8) is 0 Å². The minimum Gasteiger partial charge on any atom is -0.451 e. The number of benzene rings is 1. The van der Waals surface area contributed by atoms with Gasteiger partial charge in [-0.15, -0.1) is 0 Å². The quantitative estimate of drug-likeness (QED) is 0.622. The van der Waals surface area contributed by atoms with Crippen molar-refractivity contribution in [2.45, 2.75) is 32.7 Å². The number of Topliss-reactive ketones (excluding diaryl/α,β-unsaturated/α-hetero) is 1. The van der Waals surface area contributed by atoms with Gasteiger partial charge in [0.05, 0.1) is 0 Å². The molecule has 1 atom stereocenters. The van der Waals surface area contributed by atoms with E-state index in [0.717, 1.165) is 0 Å². The summed E-state index contributed by atoms with van der Waals surface area (Å²) in [6.07, 6.45) is 0.394. The molecule has 1 aromatic carbocycles. The lowest BCUT2D eigenvalue weighted by Gasteiger charge is -2.18. The van der Waals surface area contributed by atoms with Gasteiger partial charge in [0.25, 0.3) is 5.91 Å². The van der Waals surface area contributed by atoms with Crippen molar-refractivity contribution in [1.29, 1.82) is 0 Å². The normalized spacial score (nSPS) is 19.1. The average Bonchev–Trinajstić information content (AvgIpc) is 3.22. The average molecular weight is 369 g/mol. The van der Waals surface area contributed by atoms with Crippen LogP contribution >= 0.6 is 0 Å². The Kier molecular flexibility index (Phi) is 4.57. The highest BCUT2D eigenvalue weighted by Crippen LogP contribution is 2.24. The summed E-state index contributed by atoms with van der Waals surface area (Å²) in [5.41, 5.74) is 2.48. The predicted octanol–water partition coefficient (Wildman–Crippen LogP) is 2.51. The molecule has 0 unspecified atom stereocenters. The lowest BCUT2D eigenvalue weighted by molar-refractivity contribution is -0.132. The van der Waals surface area contributed by atoms with Crippen LogP contribution < -0.4 is 10.7 Å². The van der Waals surface area contributed by atoms with Gasteiger partial charge in [0.15, 0.2) is 11.5 Å². The number of hydrogen-bond acceptors (Lipinski definition) is 5. The van der Waals surface area contributed by atoms with Gasteiger partial charge in [0.1, 0.15) is 11.3 Å². The zero-order valence-electron chi connectivity index (χ0n) is 15.2. The summed E-state index contributed by atoms with van der Waals surface area (Å²) in [5, 5.41) is 3.21. The summed E-state index contributed by atoms with van der Waals surface area (Å²) >= 11 is 0. The number of nitrogens with one attached hydrogen (secondary N) is 2. The molecule has 4 amide bonds. The third kappa shape index (κ3) is 3.33. The fourth-order valence-corrected chi connectivity index (χ4v) is 2.67. The van der Waals surface area contributed by atoms with Gasteiger partial charge < -0.3 is 9.73 Å². The number of nitrogens with zero attached hydrogens (tertiary/aromatic N) is 1. The van der Waals surface area contributed by atoms with Crippen molar-refractivity contribution < 1.29 is 23.6 Å². The largest absolute Gasteiger partial charge is 0.451 e. The zero-order chi connectivity index (χ0) is 19.8. The van der Waals surface area contributed by atoms with Gasteiger partial charge in [-0.2, -0.15) is 5.01 Å². The van der Waals surface area contributed by atoms with Gasteiger partial charge in [0, 0.05) is 11.1 Å². The molecule has 1 aromatic heterocycles. The Morgan fingerprint density at radius 1 is 1.15 bits per heavy atom. The van der Waals surface area contributed by atoms with E-state index >= 15 is 0 Å². The number of hydrogen-bond donors (Lipinski definition) is 2. The predicted molar refractivity (Wildman–Crippen MR) is 95.7 cm³/mol. The van der Waals surface area contributed by atoms with Crippen LogP contribution in [0.4, 0.5) is 4.79 Å². The van der Waals surface area contributed by atoms with E-state index in [0.29, 0.717) is 28.3 Å². The van der Waals surface area contributed by atoms with Crippen molar-refractivity contribution in [2.24, 2.45) is 0 Å². The van der Waals surface area contributed by atoms with Crippen LogP contribution in [0.25, 0.3) is 11.3 Å². The number of imide groups is 1. The molecule has 27 heavy (non-hydrogen) atoms. The molecule has 1 aliphatic heterocycles. The third-order valence-corrected chi connectivity index (χ3v) is 4.59. The van der Waals surface area contributed by atoms with Crippen LogP contribution in [0.15, 0.2) is 40.8 Å². The molecule has 1 saturated heterocycles. The van der Waals surface area contributed by atoms with E-state index in [1.807, 2.05) is 0 Å². The van der Waals surface area contributed by atoms with E-state index in [1.54, 1.807) is 44.2 Å². The molecule has 0 spiro atoms. The first-order chi connectivity index (χ1) is 12.7. The summed E-state index contributed by atoms with van der Waals surface area (Å²) in [7, 11) is 0. The van der Waals surface area contributed by atoms with Gasteiger partial charge in [-0.25, -0.2) is 10.2 Å². The number of hydrazine groups is 1. The maximum Gasteiger partial charge on any atom is 0.344 e. The number of rotatable bonds is 5. The monoisotopic (exact) mass is 369 g/mol. The molecule has 0 bridgehead atoms. The number of ketones is 1. The number of amides is 4. The van der Waals surface area contributed by atoms with Crippen molar-refractivity contribution in [1.82, 2.24) is 15.8 Å². The van der Waals surface area contributed by atoms with Crippen LogP contribution in [-0.4, -0.2) is 34.2 Å². The number of urea groups is 1. The molecule has 2 aromatic rings. The summed E-state index contributed by atoms with van der Waals surface area (Å²) in [4.78, 5) is 48.0. The molecule has 0 radical (unpaired) electrons. The lowest BCUT2D eigenvalue weighted by atomic mass is 10.00. The van der Waals surface area contributed by atoms with Crippen LogP contribution in [0.3, 0.4) is 0 Å². The molecule has 8 nitrogen and oxygen atoms in total. The third-order valence-electron chi connectivity index (χ3n) is 4.59. The van der Waals surface area contributed by atoms with E-state index in [-0.39, 0.29) is 11.5 Å². The summed E-state index contributed by atoms with van der Waals surface area (Å²) < 4.78 is 5.52. The van der Waals surface area contributed by atoms with Gasteiger partial charge in [0.2, 0.25) is 0 Å². The second-order valence-electron chi connectivity index (χ2n) is 6.49. The van der Waals surface area contributed by atoms with Gasteiger partial charge >= 0.3 is 11.9 Å². The number of furan rings is 1. The minimum atomic E-state index is -1.04. The van der Waals surface area contributed by atoms with Crippen LogP contribution in [0, 0.1) is 0 Å². The molecule has 1 aliphatic rings. The van der Waals surface area contributed by atoms with E-state index in [1.165, 1.54) is 13.0 Å². The Labute approximate surface area is 155 Å². The molecule has 1 fully saturated rings. The standard InChI is InChI=1S/C19H19N3O5/c1-4-19(3)17(25)22(18(26)20-19)21-16(24)15-10-9-14(27-15)13-7-5-12(6-8-13)11(2)23/h5-10H,4H2,1-3H3,(H,20,26)(H,21,24)/t19-/m0/s1. The van der Waals surface area contributed by atoms with Gasteiger partial charge in [-0.1, -0.05) is 31.2 Å². The van der Waals surface area contributed by atoms with E-state index < -0.39 is 23.4 Å². The molecule has 2 N–H and O–H groups in total. The Morgan fingerprint density at radius 2 is 1.81 bits per heavy atom. The molecule has 8 heteroatoms. The topological polar surface area (TPSA) is 109 Å². The molecule has 140 valence electrons. The Morgan fingerprint density at radius 3 is 2.37 bits per heavy atom. The maximum absolute atomic E-state index is 12.4. The molecular weight excluding hydrogens is 350 g/mol. The van der Waals surface area contributed by atoms with Gasteiger partial charge in [-0.05, 0) is 32.4 Å². The Hall–Kier alpha value is -3.42. The van der Waals surface area contributed by atoms with Crippen LogP contribution in [-0.2, 0) is 4.79 Å². The number of carbonyl (C=O) groups is 4. The van der Waals surface area contributed by atoms with E-state index in [9.17, 15) is 19.2 Å². The first-order valence-corrected chi connectivity index (χ1v) is 8.44. The molecular formula is C19H19N3O5. The summed E-state index contributed by atoms with van der Waals surface area (Å²) in [5.74, 6) is -0.925. The fraction of sp³-hybridized carbons (Fsp3) is 0.263. The van der Waals surface area contributed by atoms with E-state index in [4.69, 9.17) is 4.42 Å². The zero-order valence-corrected chi connectivity index (χ0v) is 15.2. The summed E-state index contributed by atoms with van der Waals surface area (Å²) in [6.45, 7) is 4.83. The molecule has 3 rings (SSSR count). The highest BCUT2D eigenvalue weighted by Gasteiger charge is 2.47. The molecule has 2 heterocycles. The Balaban J connectivity index is 1.75. The highest BCUT2D eigenvalue weighted by molar-refractivity contribution is 6.08. The Bertz CT molecular complexity index is 931. The van der Waals surface area contributed by atoms with Crippen molar-refractivity contribution >= 4 is 23.6 Å². The minimum absolute atomic E-state index is 0.0475. The first kappa shape index (κ1) is 18.4. The fourth-order valence-electron chi connectivity index (χ4n) is 2.67. The van der Waals surface area contributed by atoms with Crippen molar-refractivity contribution in [3.8, 4) is 11.3 Å². The smallest absolute Gasteiger partial charge is 0.344 e. The second kappa shape index (κ2) is 6.71.